The highest BCUT2D eigenvalue weighted by Crippen LogP contribution is 2.02. The van der Waals surface area contributed by atoms with E-state index in [0.29, 0.717) is 59.5 Å². The van der Waals surface area contributed by atoms with Gasteiger partial charge in [0.1, 0.15) is 18.3 Å². The van der Waals surface area contributed by atoms with Crippen LogP contribution in [-0.4, -0.2) is 99.6 Å². The molecule has 0 aliphatic carbocycles. The third kappa shape index (κ3) is 13.3. The molecule has 0 saturated carbocycles. The topological polar surface area (TPSA) is 73.8 Å². The van der Waals surface area contributed by atoms with E-state index < -0.39 is 0 Å². The Morgan fingerprint density at radius 3 is 1.53 bits per heavy atom. The second-order valence-electron chi connectivity index (χ2n) is 6.72. The molecule has 0 N–H and O–H groups in total. The van der Waals surface area contributed by atoms with E-state index in [-0.39, 0.29) is 18.3 Å². The summed E-state index contributed by atoms with van der Waals surface area (Å²) in [5.74, 6) is 0. The molecular weight excluding hydrogens is 392 g/mol. The minimum absolute atomic E-state index is 0.0971. The summed E-state index contributed by atoms with van der Waals surface area (Å²) >= 11 is 0. The molecule has 0 amide bonds. The monoisotopic (exact) mass is 430 g/mol. The minimum atomic E-state index is -0.171. The van der Waals surface area contributed by atoms with Crippen LogP contribution in [0, 0.1) is 0 Å². The highest BCUT2D eigenvalue weighted by molar-refractivity contribution is 5.13. The summed E-state index contributed by atoms with van der Waals surface area (Å²) in [7, 11) is 6.53. The fourth-order valence-corrected chi connectivity index (χ4v) is 2.50. The molecule has 8 heteroatoms. The molecule has 0 saturated heterocycles. The first-order valence-corrected chi connectivity index (χ1v) is 10.2. The van der Waals surface area contributed by atoms with Crippen molar-refractivity contribution in [2.24, 2.45) is 0 Å². The van der Waals surface area contributed by atoms with E-state index in [1.807, 2.05) is 30.3 Å². The highest BCUT2D eigenvalue weighted by atomic mass is 16.6. The van der Waals surface area contributed by atoms with Gasteiger partial charge in [0, 0.05) is 28.4 Å². The van der Waals surface area contributed by atoms with Crippen molar-refractivity contribution < 1.29 is 37.9 Å². The zero-order valence-electron chi connectivity index (χ0n) is 18.7. The number of hydrogen-bond acceptors (Lipinski definition) is 8. The van der Waals surface area contributed by atoms with E-state index in [4.69, 9.17) is 37.9 Å². The van der Waals surface area contributed by atoms with E-state index in [2.05, 4.69) is 0 Å². The average Bonchev–Trinajstić information content (AvgIpc) is 2.78. The first-order valence-electron chi connectivity index (χ1n) is 10.2. The molecule has 0 aromatic heterocycles. The summed E-state index contributed by atoms with van der Waals surface area (Å²) in [6.45, 7) is 4.19. The zero-order valence-corrected chi connectivity index (χ0v) is 18.7. The number of hydrogen-bond donors (Lipinski definition) is 0. The lowest BCUT2D eigenvalue weighted by Crippen LogP contribution is -2.31. The van der Waals surface area contributed by atoms with Gasteiger partial charge in [0.2, 0.25) is 0 Å². The van der Waals surface area contributed by atoms with Gasteiger partial charge < -0.3 is 37.9 Å². The highest BCUT2D eigenvalue weighted by Gasteiger charge is 2.14. The van der Waals surface area contributed by atoms with Crippen LogP contribution in [0.25, 0.3) is 0 Å². The smallest absolute Gasteiger partial charge is 0.104 e. The van der Waals surface area contributed by atoms with Gasteiger partial charge in [0.15, 0.2) is 0 Å². The molecule has 0 spiro atoms. The lowest BCUT2D eigenvalue weighted by Gasteiger charge is -2.20. The van der Waals surface area contributed by atoms with Crippen molar-refractivity contribution in [3.8, 4) is 0 Å². The van der Waals surface area contributed by atoms with Crippen LogP contribution in [0.4, 0.5) is 0 Å². The summed E-state index contributed by atoms with van der Waals surface area (Å²) in [4.78, 5) is 0. The van der Waals surface area contributed by atoms with Crippen molar-refractivity contribution >= 4 is 0 Å². The number of ether oxygens (including phenoxy) is 8. The van der Waals surface area contributed by atoms with Gasteiger partial charge in [-0.3, -0.25) is 0 Å². The van der Waals surface area contributed by atoms with Crippen molar-refractivity contribution in [2.45, 2.75) is 24.9 Å². The summed E-state index contributed by atoms with van der Waals surface area (Å²) in [6.07, 6.45) is -0.424. The van der Waals surface area contributed by atoms with Crippen molar-refractivity contribution in [3.05, 3.63) is 35.9 Å². The molecule has 8 nitrogen and oxygen atoms in total. The predicted molar refractivity (Wildman–Crippen MR) is 113 cm³/mol. The Morgan fingerprint density at radius 2 is 1.03 bits per heavy atom. The third-order valence-corrected chi connectivity index (χ3v) is 4.35. The van der Waals surface area contributed by atoms with Gasteiger partial charge in [0.25, 0.3) is 0 Å². The van der Waals surface area contributed by atoms with Crippen molar-refractivity contribution in [1.29, 1.82) is 0 Å². The molecular formula is C22H38O8. The second-order valence-corrected chi connectivity index (χ2v) is 6.72. The summed E-state index contributed by atoms with van der Waals surface area (Å²) in [5, 5.41) is 0. The maximum atomic E-state index is 5.71. The number of benzene rings is 1. The van der Waals surface area contributed by atoms with Crippen LogP contribution >= 0.6 is 0 Å². The van der Waals surface area contributed by atoms with Gasteiger partial charge in [0.05, 0.1) is 59.5 Å². The molecule has 1 aromatic carbocycles. The Bertz CT molecular complexity index is 487. The normalized spacial score (nSPS) is 14.5. The molecule has 0 radical (unpaired) electrons. The lowest BCUT2D eigenvalue weighted by atomic mass is 10.2. The van der Waals surface area contributed by atoms with E-state index in [9.17, 15) is 0 Å². The quantitative estimate of drug-likeness (QED) is 0.291. The predicted octanol–water partition coefficient (Wildman–Crippen LogP) is 1.94. The Morgan fingerprint density at radius 1 is 0.567 bits per heavy atom. The van der Waals surface area contributed by atoms with E-state index in [1.165, 1.54) is 0 Å². The summed E-state index contributed by atoms with van der Waals surface area (Å²) in [5.41, 5.74) is 1.15. The van der Waals surface area contributed by atoms with Crippen molar-refractivity contribution in [2.75, 3.05) is 81.3 Å². The van der Waals surface area contributed by atoms with Crippen LogP contribution in [0.5, 0.6) is 0 Å². The lowest BCUT2D eigenvalue weighted by molar-refractivity contribution is -0.0917. The molecule has 0 bridgehead atoms. The first-order chi connectivity index (χ1) is 14.7. The maximum Gasteiger partial charge on any atom is 0.104 e. The second kappa shape index (κ2) is 18.7. The van der Waals surface area contributed by atoms with Crippen molar-refractivity contribution in [1.82, 2.24) is 0 Å². The Balaban J connectivity index is 2.07. The van der Waals surface area contributed by atoms with Gasteiger partial charge in [-0.2, -0.15) is 0 Å². The van der Waals surface area contributed by atoms with Crippen LogP contribution in [0.2, 0.25) is 0 Å². The minimum Gasteiger partial charge on any atom is -0.382 e. The fraction of sp³-hybridized carbons (Fsp3) is 0.727. The van der Waals surface area contributed by atoms with Gasteiger partial charge in [-0.15, -0.1) is 0 Å². The van der Waals surface area contributed by atoms with E-state index in [0.717, 1.165) is 5.56 Å². The number of rotatable bonds is 20. The largest absolute Gasteiger partial charge is 0.382 e. The molecule has 0 aliphatic rings. The van der Waals surface area contributed by atoms with Crippen molar-refractivity contribution in [3.63, 3.8) is 0 Å². The Kier molecular flexibility index (Phi) is 16.7. The SMILES string of the molecule is COCC(COCC(COCC(COCCOCc1ccccc1)OC)OC)OC. The van der Waals surface area contributed by atoms with Gasteiger partial charge >= 0.3 is 0 Å². The van der Waals surface area contributed by atoms with Gasteiger partial charge in [-0.1, -0.05) is 30.3 Å². The van der Waals surface area contributed by atoms with Gasteiger partial charge in [-0.25, -0.2) is 0 Å². The molecule has 3 atom stereocenters. The molecule has 0 fully saturated rings. The maximum absolute atomic E-state index is 5.71. The molecule has 1 aromatic rings. The average molecular weight is 431 g/mol. The van der Waals surface area contributed by atoms with Crippen LogP contribution in [-0.2, 0) is 44.5 Å². The molecule has 0 aliphatic heterocycles. The molecule has 174 valence electrons. The standard InChI is InChI=1S/C22H38O8/c1-23-13-20(24-2)15-29-17-22(26-4)18-30-16-21(25-3)14-28-11-10-27-12-19-8-6-5-7-9-19/h5-9,20-22H,10-18H2,1-4H3. The summed E-state index contributed by atoms with van der Waals surface area (Å²) < 4.78 is 43.7. The fourth-order valence-electron chi connectivity index (χ4n) is 2.50. The Hall–Kier alpha value is -1.10. The zero-order chi connectivity index (χ0) is 21.9. The van der Waals surface area contributed by atoms with Crippen LogP contribution in [0.15, 0.2) is 30.3 Å². The van der Waals surface area contributed by atoms with Gasteiger partial charge in [-0.05, 0) is 5.56 Å². The molecule has 0 heterocycles. The molecule has 3 unspecified atom stereocenters. The summed E-state index contributed by atoms with van der Waals surface area (Å²) in [6, 6.07) is 10.0. The third-order valence-electron chi connectivity index (χ3n) is 4.35. The van der Waals surface area contributed by atoms with E-state index in [1.54, 1.807) is 28.4 Å². The first kappa shape index (κ1) is 26.9. The molecule has 30 heavy (non-hydrogen) atoms. The Labute approximate surface area is 180 Å². The van der Waals surface area contributed by atoms with Crippen LogP contribution in [0.1, 0.15) is 5.56 Å². The van der Waals surface area contributed by atoms with E-state index >= 15 is 0 Å². The number of methoxy groups -OCH3 is 4. The van der Waals surface area contributed by atoms with Crippen LogP contribution in [0.3, 0.4) is 0 Å². The molecule has 1 rings (SSSR count). The van der Waals surface area contributed by atoms with Crippen LogP contribution < -0.4 is 0 Å².